The van der Waals surface area contributed by atoms with E-state index in [1.165, 1.54) is 9.87 Å². The Hall–Kier alpha value is -2.38. The van der Waals surface area contributed by atoms with Crippen molar-refractivity contribution in [3.05, 3.63) is 54.1 Å². The average Bonchev–Trinajstić information content (AvgIpc) is 3.22. The highest BCUT2D eigenvalue weighted by Crippen LogP contribution is 2.24. The van der Waals surface area contributed by atoms with Crippen molar-refractivity contribution in [1.29, 1.82) is 0 Å². The van der Waals surface area contributed by atoms with Crippen LogP contribution in [0.3, 0.4) is 0 Å². The summed E-state index contributed by atoms with van der Waals surface area (Å²) < 4.78 is 26.6. The summed E-state index contributed by atoms with van der Waals surface area (Å²) in [6, 6.07) is 14.4. The second kappa shape index (κ2) is 8.55. The fourth-order valence-corrected chi connectivity index (χ4v) is 4.78. The van der Waals surface area contributed by atoms with Crippen LogP contribution in [0.2, 0.25) is 0 Å². The Morgan fingerprint density at radius 3 is 2.03 bits per heavy atom. The van der Waals surface area contributed by atoms with E-state index in [1.54, 1.807) is 24.3 Å². The van der Waals surface area contributed by atoms with E-state index < -0.39 is 10.0 Å². The molecular weight excluding hydrogens is 386 g/mol. The van der Waals surface area contributed by atoms with Crippen LogP contribution in [0.5, 0.6) is 0 Å². The Morgan fingerprint density at radius 2 is 1.48 bits per heavy atom. The number of hydrogen-bond donors (Lipinski definition) is 2. The number of carbonyl (C=O) groups excluding carboxylic acids is 1. The Labute approximate surface area is 173 Å². The molecule has 1 saturated heterocycles. The minimum absolute atomic E-state index is 0.0680. The zero-order valence-electron chi connectivity index (χ0n) is 17.2. The Bertz CT molecular complexity index is 940. The largest absolute Gasteiger partial charge is 0.376 e. The third-order valence-corrected chi connectivity index (χ3v) is 6.96. The SMILES string of the molecule is CC(C)(C)c1ccc(NC(=O)CNc2ccc(S(=O)(=O)N3CCCC3)cc2)cc1. The number of carbonyl (C=O) groups is 1. The molecule has 2 N–H and O–H groups in total. The smallest absolute Gasteiger partial charge is 0.243 e. The van der Waals surface area contributed by atoms with Crippen molar-refractivity contribution in [2.45, 2.75) is 43.9 Å². The highest BCUT2D eigenvalue weighted by Gasteiger charge is 2.26. The Balaban J connectivity index is 1.54. The number of nitrogens with one attached hydrogen (secondary N) is 2. The highest BCUT2D eigenvalue weighted by atomic mass is 32.2. The Morgan fingerprint density at radius 1 is 0.931 bits per heavy atom. The second-order valence-electron chi connectivity index (χ2n) is 8.36. The van der Waals surface area contributed by atoms with E-state index in [1.807, 2.05) is 24.3 Å². The van der Waals surface area contributed by atoms with Gasteiger partial charge in [-0.25, -0.2) is 8.42 Å². The summed E-state index contributed by atoms with van der Waals surface area (Å²) in [6.45, 7) is 7.70. The molecule has 2 aromatic carbocycles. The van der Waals surface area contributed by atoms with Gasteiger partial charge >= 0.3 is 0 Å². The maximum Gasteiger partial charge on any atom is 0.243 e. The van der Waals surface area contributed by atoms with Gasteiger partial charge in [0.25, 0.3) is 0 Å². The Kier molecular flexibility index (Phi) is 6.29. The molecule has 1 aliphatic heterocycles. The zero-order valence-corrected chi connectivity index (χ0v) is 18.1. The number of benzene rings is 2. The van der Waals surface area contributed by atoms with Crippen LogP contribution in [0.1, 0.15) is 39.2 Å². The molecule has 6 nitrogen and oxygen atoms in total. The fraction of sp³-hybridized carbons (Fsp3) is 0.409. The van der Waals surface area contributed by atoms with Gasteiger partial charge in [-0.2, -0.15) is 4.31 Å². The number of anilines is 2. The number of amides is 1. The molecule has 0 atom stereocenters. The van der Waals surface area contributed by atoms with Gasteiger partial charge in [0.2, 0.25) is 15.9 Å². The predicted octanol–water partition coefficient (Wildman–Crippen LogP) is 3.82. The monoisotopic (exact) mass is 415 g/mol. The van der Waals surface area contributed by atoms with Crippen molar-refractivity contribution < 1.29 is 13.2 Å². The van der Waals surface area contributed by atoms with E-state index in [9.17, 15) is 13.2 Å². The summed E-state index contributed by atoms with van der Waals surface area (Å²) in [7, 11) is -3.42. The highest BCUT2D eigenvalue weighted by molar-refractivity contribution is 7.89. The third-order valence-electron chi connectivity index (χ3n) is 5.04. The van der Waals surface area contributed by atoms with Gasteiger partial charge in [0.15, 0.2) is 0 Å². The van der Waals surface area contributed by atoms with Crippen LogP contribution < -0.4 is 10.6 Å². The van der Waals surface area contributed by atoms with Gasteiger partial charge in [0, 0.05) is 24.5 Å². The standard InChI is InChI=1S/C22H29N3O3S/c1-22(2,3)17-6-8-19(9-7-17)24-21(26)16-23-18-10-12-20(13-11-18)29(27,28)25-14-4-5-15-25/h6-13,23H,4-5,14-16H2,1-3H3,(H,24,26). The molecule has 156 valence electrons. The molecule has 1 amide bonds. The molecule has 3 rings (SSSR count). The van der Waals surface area contributed by atoms with Gasteiger partial charge in [-0.05, 0) is 60.2 Å². The minimum atomic E-state index is -3.42. The molecule has 7 heteroatoms. The van der Waals surface area contributed by atoms with Crippen LogP contribution in [-0.2, 0) is 20.2 Å². The first-order valence-corrected chi connectivity index (χ1v) is 11.3. The molecule has 0 spiro atoms. The van der Waals surface area contributed by atoms with Crippen molar-refractivity contribution in [3.8, 4) is 0 Å². The number of hydrogen-bond acceptors (Lipinski definition) is 4. The normalized spacial score (nSPS) is 15.3. The lowest BCUT2D eigenvalue weighted by Crippen LogP contribution is -2.27. The minimum Gasteiger partial charge on any atom is -0.376 e. The fourth-order valence-electron chi connectivity index (χ4n) is 3.26. The zero-order chi connectivity index (χ0) is 21.1. The predicted molar refractivity (Wildman–Crippen MR) is 117 cm³/mol. The third kappa shape index (κ3) is 5.36. The average molecular weight is 416 g/mol. The van der Waals surface area contributed by atoms with E-state index >= 15 is 0 Å². The van der Waals surface area contributed by atoms with Crippen molar-refractivity contribution in [3.63, 3.8) is 0 Å². The lowest BCUT2D eigenvalue weighted by molar-refractivity contribution is -0.114. The van der Waals surface area contributed by atoms with Gasteiger partial charge < -0.3 is 10.6 Å². The number of rotatable bonds is 6. The number of sulfonamides is 1. The molecule has 29 heavy (non-hydrogen) atoms. The summed E-state index contributed by atoms with van der Waals surface area (Å²) in [5.41, 5.74) is 2.72. The molecule has 0 bridgehead atoms. The van der Waals surface area contributed by atoms with Crippen LogP contribution in [-0.4, -0.2) is 38.3 Å². The van der Waals surface area contributed by atoms with Crippen LogP contribution in [0, 0.1) is 0 Å². The van der Waals surface area contributed by atoms with Gasteiger partial charge in [-0.1, -0.05) is 32.9 Å². The molecule has 0 saturated carbocycles. The molecule has 0 aromatic heterocycles. The first-order chi connectivity index (χ1) is 13.7. The lowest BCUT2D eigenvalue weighted by atomic mass is 9.87. The molecule has 1 fully saturated rings. The van der Waals surface area contributed by atoms with E-state index in [2.05, 4.69) is 31.4 Å². The van der Waals surface area contributed by atoms with Gasteiger partial charge in [0.1, 0.15) is 0 Å². The molecule has 0 unspecified atom stereocenters. The van der Waals surface area contributed by atoms with E-state index in [0.717, 1.165) is 18.5 Å². The molecule has 0 aliphatic carbocycles. The molecule has 1 aliphatic rings. The summed E-state index contributed by atoms with van der Waals surface area (Å²) in [5, 5.41) is 5.89. The van der Waals surface area contributed by atoms with Gasteiger partial charge in [-0.15, -0.1) is 0 Å². The van der Waals surface area contributed by atoms with E-state index in [0.29, 0.717) is 18.8 Å². The quantitative estimate of drug-likeness (QED) is 0.752. The van der Waals surface area contributed by atoms with Gasteiger partial charge in [0.05, 0.1) is 11.4 Å². The van der Waals surface area contributed by atoms with Crippen molar-refractivity contribution in [2.75, 3.05) is 30.3 Å². The number of nitrogens with zero attached hydrogens (tertiary/aromatic N) is 1. The summed E-state index contributed by atoms with van der Waals surface area (Å²) in [6.07, 6.45) is 1.82. The first-order valence-electron chi connectivity index (χ1n) is 9.91. The van der Waals surface area contributed by atoms with E-state index in [4.69, 9.17) is 0 Å². The molecule has 1 heterocycles. The van der Waals surface area contributed by atoms with Crippen molar-refractivity contribution in [2.24, 2.45) is 0 Å². The van der Waals surface area contributed by atoms with Crippen LogP contribution in [0.15, 0.2) is 53.4 Å². The van der Waals surface area contributed by atoms with Crippen LogP contribution in [0.25, 0.3) is 0 Å². The molecular formula is C22H29N3O3S. The summed E-state index contributed by atoms with van der Waals surface area (Å²) in [5.74, 6) is -0.165. The summed E-state index contributed by atoms with van der Waals surface area (Å²) >= 11 is 0. The maximum absolute atomic E-state index is 12.5. The van der Waals surface area contributed by atoms with Crippen LogP contribution >= 0.6 is 0 Å². The van der Waals surface area contributed by atoms with Crippen molar-refractivity contribution >= 4 is 27.3 Å². The first kappa shape index (κ1) is 21.3. The summed E-state index contributed by atoms with van der Waals surface area (Å²) in [4.78, 5) is 12.5. The topological polar surface area (TPSA) is 78.5 Å². The van der Waals surface area contributed by atoms with Crippen LogP contribution in [0.4, 0.5) is 11.4 Å². The molecule has 2 aromatic rings. The second-order valence-corrected chi connectivity index (χ2v) is 10.3. The van der Waals surface area contributed by atoms with E-state index in [-0.39, 0.29) is 22.8 Å². The lowest BCUT2D eigenvalue weighted by Gasteiger charge is -2.19. The maximum atomic E-state index is 12.5. The molecule has 0 radical (unpaired) electrons. The van der Waals surface area contributed by atoms with Crippen molar-refractivity contribution in [1.82, 2.24) is 4.31 Å². The van der Waals surface area contributed by atoms with Gasteiger partial charge in [-0.3, -0.25) is 4.79 Å².